The maximum atomic E-state index is 12.7. The molecule has 4 heteroatoms. The van der Waals surface area contributed by atoms with Gasteiger partial charge in [0.05, 0.1) is 6.54 Å². The molecule has 4 nitrogen and oxygen atoms in total. The highest BCUT2D eigenvalue weighted by Crippen LogP contribution is 2.61. The molecule has 4 aliphatic rings. The Labute approximate surface area is 169 Å². The summed E-state index contributed by atoms with van der Waals surface area (Å²) in [5.74, 6) is 5.54. The van der Waals surface area contributed by atoms with Crippen LogP contribution in [0.25, 0.3) is 0 Å². The number of terminal acetylenes is 1. The maximum Gasteiger partial charge on any atom is 0.318 e. The minimum absolute atomic E-state index is 0.00240. The van der Waals surface area contributed by atoms with Crippen molar-refractivity contribution in [2.45, 2.75) is 57.8 Å². The van der Waals surface area contributed by atoms with Crippen LogP contribution in [0.5, 0.6) is 0 Å². The summed E-state index contributed by atoms with van der Waals surface area (Å²) >= 11 is 0. The van der Waals surface area contributed by atoms with Gasteiger partial charge in [-0.15, -0.1) is 6.42 Å². The Balaban J connectivity index is 1.24. The summed E-state index contributed by atoms with van der Waals surface area (Å²) in [7, 11) is 0. The van der Waals surface area contributed by atoms with Crippen molar-refractivity contribution in [1.29, 1.82) is 0 Å². The van der Waals surface area contributed by atoms with Gasteiger partial charge < -0.3 is 10.2 Å². The molecule has 150 valence electrons. The fourth-order valence-electron chi connectivity index (χ4n) is 6.48. The number of rotatable bonds is 8. The SMILES string of the molecule is C#CCN(CCC12CC3CC(CC(C3)C1)C2)C(=O)NCCCc1ccncc1. The van der Waals surface area contributed by atoms with Gasteiger partial charge >= 0.3 is 6.03 Å². The number of carbonyl (C=O) groups is 1. The van der Waals surface area contributed by atoms with Crippen LogP contribution in [-0.2, 0) is 6.42 Å². The molecule has 1 aromatic heterocycles. The Bertz CT molecular complexity index is 673. The topological polar surface area (TPSA) is 45.2 Å². The standard InChI is InChI=1S/C24H33N3O/c1-2-11-27(23(28)26-8-3-4-19-5-9-25-10-6-19)12-7-24-16-20-13-21(17-24)15-22(14-20)18-24/h1,5-6,9-10,20-22H,3-4,7-8,11-18H2,(H,26,28). The number of aryl methyl sites for hydroxylation is 1. The number of carbonyl (C=O) groups excluding carboxylic acids is 1. The molecule has 2 amide bonds. The molecule has 1 aromatic rings. The number of nitrogens with one attached hydrogen (secondary N) is 1. The molecule has 0 spiro atoms. The lowest BCUT2D eigenvalue weighted by Crippen LogP contribution is -2.48. The number of amides is 2. The molecule has 28 heavy (non-hydrogen) atoms. The molecular weight excluding hydrogens is 346 g/mol. The van der Waals surface area contributed by atoms with Crippen LogP contribution in [0.4, 0.5) is 4.79 Å². The van der Waals surface area contributed by atoms with Crippen molar-refractivity contribution in [2.24, 2.45) is 23.2 Å². The smallest absolute Gasteiger partial charge is 0.318 e. The van der Waals surface area contributed by atoms with E-state index in [0.717, 1.165) is 43.6 Å². The molecule has 4 aliphatic carbocycles. The maximum absolute atomic E-state index is 12.7. The van der Waals surface area contributed by atoms with Crippen LogP contribution in [0.2, 0.25) is 0 Å². The first-order chi connectivity index (χ1) is 13.7. The third-order valence-electron chi connectivity index (χ3n) is 7.31. The van der Waals surface area contributed by atoms with Crippen LogP contribution in [0.1, 0.15) is 56.9 Å². The Hall–Kier alpha value is -2.02. The van der Waals surface area contributed by atoms with Crippen molar-refractivity contribution in [3.05, 3.63) is 30.1 Å². The monoisotopic (exact) mass is 379 g/mol. The predicted octanol–water partition coefficient (Wildman–Crippen LogP) is 4.27. The zero-order valence-corrected chi connectivity index (χ0v) is 16.9. The molecule has 1 N–H and O–H groups in total. The summed E-state index contributed by atoms with van der Waals surface area (Å²) in [4.78, 5) is 18.6. The molecule has 0 saturated heterocycles. The lowest BCUT2D eigenvalue weighted by Gasteiger charge is -2.57. The van der Waals surface area contributed by atoms with Gasteiger partial charge in [-0.3, -0.25) is 4.98 Å². The number of nitrogens with zero attached hydrogens (tertiary/aromatic N) is 2. The highest BCUT2D eigenvalue weighted by molar-refractivity contribution is 5.74. The molecule has 0 aromatic carbocycles. The van der Waals surface area contributed by atoms with Gasteiger partial charge in [0, 0.05) is 25.5 Å². The van der Waals surface area contributed by atoms with Crippen LogP contribution in [0.15, 0.2) is 24.5 Å². The van der Waals surface area contributed by atoms with Gasteiger partial charge in [-0.25, -0.2) is 4.79 Å². The zero-order chi connectivity index (χ0) is 19.4. The molecule has 0 atom stereocenters. The molecule has 4 fully saturated rings. The van der Waals surface area contributed by atoms with Crippen LogP contribution in [0, 0.1) is 35.5 Å². The minimum Gasteiger partial charge on any atom is -0.338 e. The molecule has 0 radical (unpaired) electrons. The van der Waals surface area contributed by atoms with E-state index in [1.807, 2.05) is 29.4 Å². The van der Waals surface area contributed by atoms with Crippen molar-refractivity contribution in [2.75, 3.05) is 19.6 Å². The largest absolute Gasteiger partial charge is 0.338 e. The van der Waals surface area contributed by atoms with Gasteiger partial charge in [-0.05, 0) is 98.7 Å². The molecule has 0 aliphatic heterocycles. The lowest BCUT2D eigenvalue weighted by molar-refractivity contribution is -0.0593. The van der Waals surface area contributed by atoms with Crippen molar-refractivity contribution in [3.63, 3.8) is 0 Å². The number of hydrogen-bond donors (Lipinski definition) is 1. The number of hydrogen-bond acceptors (Lipinski definition) is 2. The Morgan fingerprint density at radius 1 is 1.18 bits per heavy atom. The normalized spacial score (nSPS) is 30.0. The van der Waals surface area contributed by atoms with Crippen LogP contribution in [0.3, 0.4) is 0 Å². The third kappa shape index (κ3) is 4.51. The first kappa shape index (κ1) is 19.3. The highest BCUT2D eigenvalue weighted by Gasteiger charge is 2.50. The van der Waals surface area contributed by atoms with Gasteiger partial charge in [0.25, 0.3) is 0 Å². The first-order valence-corrected chi connectivity index (χ1v) is 11.0. The zero-order valence-electron chi connectivity index (χ0n) is 16.9. The van der Waals surface area contributed by atoms with Crippen molar-refractivity contribution >= 4 is 6.03 Å². The second-order valence-electron chi connectivity index (χ2n) is 9.48. The van der Waals surface area contributed by atoms with Crippen molar-refractivity contribution < 1.29 is 4.79 Å². The Kier molecular flexibility index (Phi) is 5.90. The molecule has 0 unspecified atom stereocenters. The van der Waals surface area contributed by atoms with Gasteiger partial charge in [-0.1, -0.05) is 5.92 Å². The molecule has 4 saturated carbocycles. The fraction of sp³-hybridized carbons (Fsp3) is 0.667. The predicted molar refractivity (Wildman–Crippen MR) is 112 cm³/mol. The molecule has 4 bridgehead atoms. The number of aromatic nitrogens is 1. The van der Waals surface area contributed by atoms with E-state index < -0.39 is 0 Å². The van der Waals surface area contributed by atoms with E-state index in [0.29, 0.717) is 18.5 Å². The summed E-state index contributed by atoms with van der Waals surface area (Å²) in [6, 6.07) is 4.05. The van der Waals surface area contributed by atoms with Crippen LogP contribution < -0.4 is 5.32 Å². The van der Waals surface area contributed by atoms with E-state index in [1.165, 1.54) is 44.1 Å². The Morgan fingerprint density at radius 3 is 2.43 bits per heavy atom. The Morgan fingerprint density at radius 2 is 1.82 bits per heavy atom. The summed E-state index contributed by atoms with van der Waals surface area (Å²) in [5.41, 5.74) is 1.75. The fourth-order valence-corrected chi connectivity index (χ4v) is 6.48. The van der Waals surface area contributed by atoms with E-state index >= 15 is 0 Å². The summed E-state index contributed by atoms with van der Waals surface area (Å²) in [5, 5.41) is 3.07. The molecule has 1 heterocycles. The number of urea groups is 1. The third-order valence-corrected chi connectivity index (χ3v) is 7.31. The van der Waals surface area contributed by atoms with E-state index in [-0.39, 0.29) is 6.03 Å². The van der Waals surface area contributed by atoms with Gasteiger partial charge in [-0.2, -0.15) is 0 Å². The van der Waals surface area contributed by atoms with Gasteiger partial charge in [0.1, 0.15) is 0 Å². The lowest BCUT2D eigenvalue weighted by atomic mass is 9.49. The van der Waals surface area contributed by atoms with Crippen molar-refractivity contribution in [3.8, 4) is 12.3 Å². The quantitative estimate of drug-likeness (QED) is 0.542. The second kappa shape index (κ2) is 8.55. The first-order valence-electron chi connectivity index (χ1n) is 11.0. The van der Waals surface area contributed by atoms with Gasteiger partial charge in [0.2, 0.25) is 0 Å². The minimum atomic E-state index is -0.00240. The summed E-state index contributed by atoms with van der Waals surface area (Å²) in [6.07, 6.45) is 20.7. The average Bonchev–Trinajstić information content (AvgIpc) is 2.68. The van der Waals surface area contributed by atoms with Crippen LogP contribution in [-0.4, -0.2) is 35.5 Å². The van der Waals surface area contributed by atoms with E-state index in [9.17, 15) is 4.79 Å². The van der Waals surface area contributed by atoms with E-state index in [2.05, 4.69) is 16.2 Å². The van der Waals surface area contributed by atoms with E-state index in [1.54, 1.807) is 0 Å². The second-order valence-corrected chi connectivity index (χ2v) is 9.48. The highest BCUT2D eigenvalue weighted by atomic mass is 16.2. The van der Waals surface area contributed by atoms with Crippen molar-refractivity contribution in [1.82, 2.24) is 15.2 Å². The van der Waals surface area contributed by atoms with E-state index in [4.69, 9.17) is 6.42 Å². The van der Waals surface area contributed by atoms with Crippen LogP contribution >= 0.6 is 0 Å². The number of pyridine rings is 1. The average molecular weight is 380 g/mol. The molecule has 5 rings (SSSR count). The summed E-state index contributed by atoms with van der Waals surface area (Å²) in [6.45, 7) is 1.88. The molecular formula is C24H33N3O. The summed E-state index contributed by atoms with van der Waals surface area (Å²) < 4.78 is 0. The van der Waals surface area contributed by atoms with Gasteiger partial charge in [0.15, 0.2) is 0 Å².